The molecule has 1 aliphatic heterocycles. The van der Waals surface area contributed by atoms with Crippen molar-refractivity contribution >= 4 is 23.8 Å². The van der Waals surface area contributed by atoms with Crippen molar-refractivity contribution < 1.29 is 10.4 Å². The van der Waals surface area contributed by atoms with Gasteiger partial charge in [-0.25, -0.2) is 0 Å². The Balaban J connectivity index is 2.80. The Morgan fingerprint density at radius 3 is 2.33 bits per heavy atom. The van der Waals surface area contributed by atoms with Gasteiger partial charge in [0.15, 0.2) is 0 Å². The van der Waals surface area contributed by atoms with Crippen LogP contribution in [0.3, 0.4) is 0 Å². The van der Waals surface area contributed by atoms with Crippen LogP contribution in [0, 0.1) is 0 Å². The first-order chi connectivity index (χ1) is 7.13. The molecule has 0 atom stereocenters. The second-order valence-corrected chi connectivity index (χ2v) is 3.18. The van der Waals surface area contributed by atoms with Crippen LogP contribution in [0.4, 0.5) is 11.4 Å². The minimum Gasteiger partial charge on any atom is -0.398 e. The lowest BCUT2D eigenvalue weighted by atomic mass is 10.2. The van der Waals surface area contributed by atoms with Crippen LogP contribution in [0.5, 0.6) is 0 Å². The summed E-state index contributed by atoms with van der Waals surface area (Å²) in [5.74, 6) is 0. The lowest BCUT2D eigenvalue weighted by Crippen LogP contribution is -2.43. The van der Waals surface area contributed by atoms with Gasteiger partial charge in [-0.2, -0.15) is 0 Å². The van der Waals surface area contributed by atoms with Gasteiger partial charge in [0.2, 0.25) is 0 Å². The monoisotopic (exact) mass is 208 g/mol. The quantitative estimate of drug-likeness (QED) is 0.447. The summed E-state index contributed by atoms with van der Waals surface area (Å²) in [5, 5.41) is 24.0. The molecule has 0 unspecified atom stereocenters. The first kappa shape index (κ1) is 9.63. The molecule has 0 aliphatic carbocycles. The van der Waals surface area contributed by atoms with Gasteiger partial charge in [-0.15, -0.1) is 10.3 Å². The molecule has 0 spiro atoms. The van der Waals surface area contributed by atoms with E-state index in [0.29, 0.717) is 21.3 Å². The maximum atomic E-state index is 9.29. The molecule has 0 fully saturated rings. The Labute approximate surface area is 86.0 Å². The number of anilines is 2. The average molecular weight is 208 g/mol. The minimum absolute atomic E-state index is 0.535. The molecule has 6 heteroatoms. The van der Waals surface area contributed by atoms with E-state index in [1.165, 1.54) is 12.4 Å². The summed E-state index contributed by atoms with van der Waals surface area (Å²) in [7, 11) is 1.77. The highest BCUT2D eigenvalue weighted by Crippen LogP contribution is 2.04. The van der Waals surface area contributed by atoms with Crippen LogP contribution < -0.4 is 21.5 Å². The maximum absolute atomic E-state index is 9.29. The summed E-state index contributed by atoms with van der Waals surface area (Å²) in [6.45, 7) is 0. The van der Waals surface area contributed by atoms with Crippen LogP contribution in [-0.4, -0.2) is 27.8 Å². The second kappa shape index (κ2) is 3.34. The Kier molecular flexibility index (Phi) is 2.14. The van der Waals surface area contributed by atoms with E-state index in [0.717, 1.165) is 10.9 Å². The molecule has 1 aromatic rings. The molecule has 0 saturated heterocycles. The number of hydrogen-bond donors (Lipinski definition) is 4. The van der Waals surface area contributed by atoms with Crippen LogP contribution in [0.1, 0.15) is 0 Å². The lowest BCUT2D eigenvalue weighted by Gasteiger charge is -2.23. The van der Waals surface area contributed by atoms with Gasteiger partial charge in [0.25, 0.3) is 0 Å². The summed E-state index contributed by atoms with van der Waals surface area (Å²) < 4.78 is 0. The highest BCUT2D eigenvalue weighted by Gasteiger charge is 2.10. The zero-order valence-electron chi connectivity index (χ0n) is 8.18. The van der Waals surface area contributed by atoms with E-state index in [9.17, 15) is 10.4 Å². The molecular formula is C9H12N4O2. The van der Waals surface area contributed by atoms with Crippen molar-refractivity contribution in [3.63, 3.8) is 0 Å². The number of rotatable bonds is 1. The smallest absolute Gasteiger partial charge is 0.0642 e. The van der Waals surface area contributed by atoms with E-state index in [1.807, 2.05) is 0 Å². The fraction of sp³-hybridized carbons (Fsp3) is 0.111. The third kappa shape index (κ3) is 1.45. The van der Waals surface area contributed by atoms with Crippen molar-refractivity contribution in [3.05, 3.63) is 22.6 Å². The van der Waals surface area contributed by atoms with E-state index in [-0.39, 0.29) is 0 Å². The molecule has 1 aromatic carbocycles. The van der Waals surface area contributed by atoms with Crippen LogP contribution in [0.15, 0.2) is 12.1 Å². The molecule has 0 saturated carbocycles. The molecular weight excluding hydrogens is 196 g/mol. The number of benzene rings is 1. The summed E-state index contributed by atoms with van der Waals surface area (Å²) in [5.41, 5.74) is 7.11. The van der Waals surface area contributed by atoms with Crippen LogP contribution in [-0.2, 0) is 0 Å². The van der Waals surface area contributed by atoms with Crippen molar-refractivity contribution in [3.8, 4) is 0 Å². The van der Waals surface area contributed by atoms with E-state index in [2.05, 4.69) is 5.32 Å². The largest absolute Gasteiger partial charge is 0.398 e. The van der Waals surface area contributed by atoms with Gasteiger partial charge in [-0.1, -0.05) is 0 Å². The molecule has 0 bridgehead atoms. The fourth-order valence-electron chi connectivity index (χ4n) is 1.50. The minimum atomic E-state index is 0.535. The van der Waals surface area contributed by atoms with Crippen molar-refractivity contribution in [1.82, 2.24) is 10.3 Å². The maximum Gasteiger partial charge on any atom is 0.0642 e. The zero-order valence-corrected chi connectivity index (χ0v) is 8.18. The SMILES string of the molecule is CNc1ccc(N)c2c1=CN(O)N(O)C=2. The van der Waals surface area contributed by atoms with E-state index in [4.69, 9.17) is 5.73 Å². The number of fused-ring (bicyclic) bond motifs is 1. The Morgan fingerprint density at radius 2 is 1.73 bits per heavy atom. The van der Waals surface area contributed by atoms with Crippen molar-refractivity contribution in [2.75, 3.05) is 18.1 Å². The second-order valence-electron chi connectivity index (χ2n) is 3.18. The Morgan fingerprint density at radius 1 is 1.13 bits per heavy atom. The molecule has 6 nitrogen and oxygen atoms in total. The van der Waals surface area contributed by atoms with E-state index in [1.54, 1.807) is 19.2 Å². The topological polar surface area (TPSA) is 85.0 Å². The van der Waals surface area contributed by atoms with Gasteiger partial charge in [-0.05, 0) is 12.1 Å². The van der Waals surface area contributed by atoms with Gasteiger partial charge >= 0.3 is 0 Å². The zero-order chi connectivity index (χ0) is 11.0. The molecule has 80 valence electrons. The fourth-order valence-corrected chi connectivity index (χ4v) is 1.50. The highest BCUT2D eigenvalue weighted by atomic mass is 16.7. The number of nitrogen functional groups attached to an aromatic ring is 1. The highest BCUT2D eigenvalue weighted by molar-refractivity contribution is 5.59. The van der Waals surface area contributed by atoms with Crippen molar-refractivity contribution in [2.24, 2.45) is 0 Å². The summed E-state index contributed by atoms with van der Waals surface area (Å²) >= 11 is 0. The number of hydrazine groups is 1. The first-order valence-electron chi connectivity index (χ1n) is 4.39. The van der Waals surface area contributed by atoms with Gasteiger partial charge < -0.3 is 11.1 Å². The molecule has 15 heavy (non-hydrogen) atoms. The van der Waals surface area contributed by atoms with E-state index >= 15 is 0 Å². The number of hydroxylamine groups is 2. The summed E-state index contributed by atoms with van der Waals surface area (Å²) in [6.07, 6.45) is 2.71. The lowest BCUT2D eigenvalue weighted by molar-refractivity contribution is -0.287. The number of nitrogens with zero attached hydrogens (tertiary/aromatic N) is 2. The Bertz CT molecular complexity index is 500. The van der Waals surface area contributed by atoms with Crippen molar-refractivity contribution in [1.29, 1.82) is 0 Å². The van der Waals surface area contributed by atoms with Gasteiger partial charge in [0.05, 0.1) is 12.4 Å². The third-order valence-corrected chi connectivity index (χ3v) is 2.29. The van der Waals surface area contributed by atoms with E-state index < -0.39 is 0 Å². The molecule has 1 aliphatic rings. The normalized spacial score (nSPS) is 14.1. The van der Waals surface area contributed by atoms with Crippen molar-refractivity contribution in [2.45, 2.75) is 0 Å². The number of nitrogens with two attached hydrogens (primary N) is 1. The number of hydrogen-bond acceptors (Lipinski definition) is 6. The van der Waals surface area contributed by atoms with Crippen LogP contribution >= 0.6 is 0 Å². The molecule has 1 heterocycles. The average Bonchev–Trinajstić information content (AvgIpc) is 2.22. The van der Waals surface area contributed by atoms with Gasteiger partial charge in [-0.3, -0.25) is 10.4 Å². The third-order valence-electron chi connectivity index (χ3n) is 2.29. The molecule has 0 radical (unpaired) electrons. The van der Waals surface area contributed by atoms with Crippen LogP contribution in [0.2, 0.25) is 0 Å². The first-order valence-corrected chi connectivity index (χ1v) is 4.39. The Hall–Kier alpha value is -1.92. The predicted octanol–water partition coefficient (Wildman–Crippen LogP) is -0.902. The van der Waals surface area contributed by atoms with Gasteiger partial charge in [0.1, 0.15) is 0 Å². The number of nitrogens with one attached hydrogen (secondary N) is 1. The summed E-state index contributed by atoms with van der Waals surface area (Å²) in [4.78, 5) is 0. The van der Waals surface area contributed by atoms with Crippen LogP contribution in [0.25, 0.3) is 12.4 Å². The molecule has 5 N–H and O–H groups in total. The predicted molar refractivity (Wildman–Crippen MR) is 55.8 cm³/mol. The molecule has 0 amide bonds. The standard InChI is InChI=1S/C9H12N4O2/c1-11-9-3-2-8(10)6-4-12(14)13(15)5-7(6)9/h2-5,11,14-15H,10H2,1H3. The molecule has 2 rings (SSSR count). The van der Waals surface area contributed by atoms with Gasteiger partial charge in [0, 0.05) is 28.9 Å². The summed E-state index contributed by atoms with van der Waals surface area (Å²) in [6, 6.07) is 3.54. The molecule has 0 aromatic heterocycles.